The number of halogens is 1. The Kier molecular flexibility index (Phi) is 4.47. The molecule has 0 bridgehead atoms. The van der Waals surface area contributed by atoms with Crippen molar-refractivity contribution in [3.63, 3.8) is 0 Å². The number of ketones is 1. The zero-order valence-corrected chi connectivity index (χ0v) is 15.3. The Morgan fingerprint density at radius 2 is 2.14 bits per heavy atom. The minimum atomic E-state index is -0.291. The molecule has 2 nitrogen and oxygen atoms in total. The third kappa shape index (κ3) is 2.78. The van der Waals surface area contributed by atoms with E-state index in [1.807, 2.05) is 25.1 Å². The minimum Gasteiger partial charge on any atom is -0.393 e. The molecule has 0 heterocycles. The van der Waals surface area contributed by atoms with Gasteiger partial charge in [-0.2, -0.15) is 0 Å². The highest BCUT2D eigenvalue weighted by Gasteiger charge is 2.51. The summed E-state index contributed by atoms with van der Waals surface area (Å²) in [4.78, 5) is 12.8. The molecule has 2 aliphatic rings. The maximum atomic E-state index is 12.8. The standard InChI is InChI=1S/C19H23IO2/c1-12-16-7-4-8-17(21)19(16,2)11-14(18(12)22)9-13-5-3-6-15(20)10-13/h3,5-6,9-10,12,16-17,21H,4,7-8,11H2,1-2H3/b14-9+/t12?,16?,17-,19-/m0/s1. The van der Waals surface area contributed by atoms with Crippen LogP contribution in [0.15, 0.2) is 29.8 Å². The summed E-state index contributed by atoms with van der Waals surface area (Å²) in [5.41, 5.74) is 1.81. The lowest BCUT2D eigenvalue weighted by Gasteiger charge is -2.51. The first-order valence-corrected chi connectivity index (χ1v) is 9.18. The molecule has 3 heteroatoms. The van der Waals surface area contributed by atoms with Crippen LogP contribution in [0.2, 0.25) is 0 Å². The number of rotatable bonds is 1. The number of carbonyl (C=O) groups is 1. The maximum Gasteiger partial charge on any atom is 0.161 e. The third-order valence-electron chi connectivity index (χ3n) is 5.70. The smallest absolute Gasteiger partial charge is 0.161 e. The summed E-state index contributed by atoms with van der Waals surface area (Å²) in [7, 11) is 0. The summed E-state index contributed by atoms with van der Waals surface area (Å²) < 4.78 is 1.17. The van der Waals surface area contributed by atoms with Gasteiger partial charge < -0.3 is 5.11 Å². The third-order valence-corrected chi connectivity index (χ3v) is 6.37. The molecule has 0 radical (unpaired) electrons. The van der Waals surface area contributed by atoms with E-state index >= 15 is 0 Å². The molecule has 2 saturated carbocycles. The molecule has 2 fully saturated rings. The minimum absolute atomic E-state index is 0.0164. The number of carbonyl (C=O) groups excluding carboxylic acids is 1. The van der Waals surface area contributed by atoms with Crippen LogP contribution in [0.3, 0.4) is 0 Å². The first-order chi connectivity index (χ1) is 10.4. The van der Waals surface area contributed by atoms with E-state index in [9.17, 15) is 9.90 Å². The fourth-order valence-electron chi connectivity index (χ4n) is 4.40. The van der Waals surface area contributed by atoms with Crippen molar-refractivity contribution >= 4 is 34.5 Å². The average molecular weight is 410 g/mol. The Bertz CT molecular complexity index is 622. The van der Waals surface area contributed by atoms with E-state index < -0.39 is 0 Å². The van der Waals surface area contributed by atoms with Crippen LogP contribution in [-0.2, 0) is 4.79 Å². The van der Waals surface area contributed by atoms with Crippen LogP contribution >= 0.6 is 22.6 Å². The lowest BCUT2D eigenvalue weighted by atomic mass is 9.54. The summed E-state index contributed by atoms with van der Waals surface area (Å²) in [6.45, 7) is 4.22. The lowest BCUT2D eigenvalue weighted by Crippen LogP contribution is -2.51. The molecule has 22 heavy (non-hydrogen) atoms. The molecule has 2 unspecified atom stereocenters. The Hall–Kier alpha value is -0.680. The molecular weight excluding hydrogens is 387 g/mol. The van der Waals surface area contributed by atoms with Crippen LogP contribution in [0.5, 0.6) is 0 Å². The number of Topliss-reactive ketones (excluding diaryl/α,β-unsaturated/α-hetero) is 1. The van der Waals surface area contributed by atoms with E-state index in [1.54, 1.807) is 0 Å². The van der Waals surface area contributed by atoms with Gasteiger partial charge in [0.2, 0.25) is 0 Å². The van der Waals surface area contributed by atoms with Gasteiger partial charge in [-0.3, -0.25) is 4.79 Å². The summed E-state index contributed by atoms with van der Waals surface area (Å²) in [5.74, 6) is 0.606. The van der Waals surface area contributed by atoms with Gasteiger partial charge in [0.25, 0.3) is 0 Å². The van der Waals surface area contributed by atoms with Gasteiger partial charge in [0.1, 0.15) is 0 Å². The largest absolute Gasteiger partial charge is 0.393 e. The maximum absolute atomic E-state index is 12.8. The zero-order valence-electron chi connectivity index (χ0n) is 13.2. The number of aliphatic hydroxyl groups is 1. The highest BCUT2D eigenvalue weighted by molar-refractivity contribution is 14.1. The number of allylic oxidation sites excluding steroid dienone is 1. The van der Waals surface area contributed by atoms with Gasteiger partial charge >= 0.3 is 0 Å². The molecule has 1 aromatic carbocycles. The number of hydrogen-bond donors (Lipinski definition) is 1. The van der Waals surface area contributed by atoms with Gasteiger partial charge in [-0.05, 0) is 77.1 Å². The fraction of sp³-hybridized carbons (Fsp3) is 0.526. The van der Waals surface area contributed by atoms with Crippen molar-refractivity contribution in [2.75, 3.05) is 0 Å². The lowest BCUT2D eigenvalue weighted by molar-refractivity contribution is -0.133. The normalized spacial score (nSPS) is 37.2. The summed E-state index contributed by atoms with van der Waals surface area (Å²) in [6, 6.07) is 8.21. The molecule has 1 aromatic rings. The van der Waals surface area contributed by atoms with Crippen molar-refractivity contribution in [2.45, 2.75) is 45.6 Å². The second-order valence-electron chi connectivity index (χ2n) is 7.11. The quantitative estimate of drug-likeness (QED) is 0.549. The Morgan fingerprint density at radius 3 is 2.86 bits per heavy atom. The highest BCUT2D eigenvalue weighted by atomic mass is 127. The van der Waals surface area contributed by atoms with E-state index in [2.05, 4.69) is 41.6 Å². The summed E-state index contributed by atoms with van der Waals surface area (Å²) >= 11 is 2.29. The first-order valence-electron chi connectivity index (χ1n) is 8.10. The fourth-order valence-corrected chi connectivity index (χ4v) is 4.97. The Balaban J connectivity index is 1.97. The molecular formula is C19H23IO2. The van der Waals surface area contributed by atoms with Gasteiger partial charge in [0, 0.05) is 14.9 Å². The molecule has 0 aromatic heterocycles. The predicted molar refractivity (Wildman–Crippen MR) is 97.4 cm³/mol. The first kappa shape index (κ1) is 16.2. The predicted octanol–water partition coefficient (Wildman–Crippen LogP) is 4.45. The van der Waals surface area contributed by atoms with Crippen molar-refractivity contribution in [1.82, 2.24) is 0 Å². The average Bonchev–Trinajstić information content (AvgIpc) is 2.47. The monoisotopic (exact) mass is 410 g/mol. The van der Waals surface area contributed by atoms with Gasteiger partial charge in [0.05, 0.1) is 6.10 Å². The summed E-state index contributed by atoms with van der Waals surface area (Å²) in [5, 5.41) is 10.6. The molecule has 2 aliphatic carbocycles. The van der Waals surface area contributed by atoms with Crippen LogP contribution in [0.1, 0.15) is 45.1 Å². The van der Waals surface area contributed by atoms with Crippen LogP contribution in [0.4, 0.5) is 0 Å². The van der Waals surface area contributed by atoms with Crippen molar-refractivity contribution in [3.05, 3.63) is 39.0 Å². The SMILES string of the molecule is CC1C(=O)/C(=C/c2cccc(I)c2)C[C@@]2(C)C1CCC[C@@H]2O. The van der Waals surface area contributed by atoms with Gasteiger partial charge in [-0.1, -0.05) is 32.4 Å². The van der Waals surface area contributed by atoms with E-state index in [0.717, 1.165) is 30.4 Å². The van der Waals surface area contributed by atoms with Gasteiger partial charge in [-0.15, -0.1) is 0 Å². The van der Waals surface area contributed by atoms with Crippen LogP contribution < -0.4 is 0 Å². The second kappa shape index (κ2) is 6.08. The number of fused-ring (bicyclic) bond motifs is 1. The Labute approximate surface area is 146 Å². The molecule has 0 aliphatic heterocycles. The second-order valence-corrected chi connectivity index (χ2v) is 8.36. The molecule has 0 amide bonds. The van der Waals surface area contributed by atoms with Crippen molar-refractivity contribution in [3.8, 4) is 0 Å². The van der Waals surface area contributed by atoms with Crippen LogP contribution in [0.25, 0.3) is 6.08 Å². The van der Waals surface area contributed by atoms with Crippen LogP contribution in [0, 0.1) is 20.8 Å². The highest BCUT2D eigenvalue weighted by Crippen LogP contribution is 2.53. The summed E-state index contributed by atoms with van der Waals surface area (Å²) in [6.07, 6.45) is 5.41. The van der Waals surface area contributed by atoms with Crippen LogP contribution in [-0.4, -0.2) is 17.0 Å². The van der Waals surface area contributed by atoms with Gasteiger partial charge in [0.15, 0.2) is 5.78 Å². The molecule has 0 spiro atoms. The molecule has 1 N–H and O–H groups in total. The van der Waals surface area contributed by atoms with Crippen molar-refractivity contribution < 1.29 is 9.90 Å². The van der Waals surface area contributed by atoms with E-state index in [1.165, 1.54) is 3.57 Å². The van der Waals surface area contributed by atoms with E-state index in [4.69, 9.17) is 0 Å². The molecule has 4 atom stereocenters. The molecule has 118 valence electrons. The molecule has 0 saturated heterocycles. The van der Waals surface area contributed by atoms with Gasteiger partial charge in [-0.25, -0.2) is 0 Å². The zero-order chi connectivity index (χ0) is 15.9. The number of hydrogen-bond acceptors (Lipinski definition) is 2. The topological polar surface area (TPSA) is 37.3 Å². The van der Waals surface area contributed by atoms with E-state index in [0.29, 0.717) is 12.3 Å². The Morgan fingerprint density at radius 1 is 1.36 bits per heavy atom. The number of benzene rings is 1. The van der Waals surface area contributed by atoms with Crippen molar-refractivity contribution in [2.24, 2.45) is 17.3 Å². The number of aliphatic hydroxyl groups excluding tert-OH is 1. The molecule has 3 rings (SSSR count). The van der Waals surface area contributed by atoms with Crippen molar-refractivity contribution in [1.29, 1.82) is 0 Å². The van der Waals surface area contributed by atoms with E-state index in [-0.39, 0.29) is 23.2 Å².